The van der Waals surface area contributed by atoms with Gasteiger partial charge in [-0.25, -0.2) is 4.79 Å². The number of carboxylic acid groups (broad SMARTS) is 1. The van der Waals surface area contributed by atoms with Crippen molar-refractivity contribution in [3.63, 3.8) is 0 Å². The molecule has 1 rings (SSSR count). The highest BCUT2D eigenvalue weighted by Gasteiger charge is 2.09. The monoisotopic (exact) mass is 204 g/mol. The molecular weight excluding hydrogens is 188 g/mol. The summed E-state index contributed by atoms with van der Waals surface area (Å²) in [6, 6.07) is 9.71. The lowest BCUT2D eigenvalue weighted by Gasteiger charge is -2.08. The van der Waals surface area contributed by atoms with Gasteiger partial charge in [-0.05, 0) is 24.5 Å². The van der Waals surface area contributed by atoms with Crippen LogP contribution in [-0.4, -0.2) is 11.1 Å². The quantitative estimate of drug-likeness (QED) is 0.764. The van der Waals surface area contributed by atoms with Crippen LogP contribution in [0.25, 0.3) is 5.57 Å². The van der Waals surface area contributed by atoms with Gasteiger partial charge in [0, 0.05) is 5.57 Å². The Morgan fingerprint density at radius 3 is 2.33 bits per heavy atom. The van der Waals surface area contributed by atoms with Gasteiger partial charge in [-0.1, -0.05) is 43.7 Å². The summed E-state index contributed by atoms with van der Waals surface area (Å²) in [5.74, 6) is -0.831. The molecule has 0 fully saturated rings. The largest absolute Gasteiger partial charge is 0.478 e. The van der Waals surface area contributed by atoms with Crippen LogP contribution >= 0.6 is 0 Å². The Hall–Kier alpha value is -1.57. The molecule has 0 amide bonds. The van der Waals surface area contributed by atoms with Crippen LogP contribution in [0.15, 0.2) is 35.9 Å². The van der Waals surface area contributed by atoms with Crippen LogP contribution < -0.4 is 0 Å². The van der Waals surface area contributed by atoms with E-state index in [1.54, 1.807) is 6.92 Å². The summed E-state index contributed by atoms with van der Waals surface area (Å²) >= 11 is 0. The van der Waals surface area contributed by atoms with Gasteiger partial charge in [0.15, 0.2) is 0 Å². The third-order valence-electron chi connectivity index (χ3n) is 2.40. The highest BCUT2D eigenvalue weighted by Crippen LogP contribution is 2.23. The zero-order chi connectivity index (χ0) is 11.3. The molecule has 0 aromatic heterocycles. The Balaban J connectivity index is 3.14. The molecule has 2 nitrogen and oxygen atoms in total. The van der Waals surface area contributed by atoms with Gasteiger partial charge in [0.05, 0.1) is 0 Å². The maximum Gasteiger partial charge on any atom is 0.331 e. The molecule has 0 spiro atoms. The molecule has 0 heterocycles. The number of carboxylic acids is 1. The first-order valence-corrected chi connectivity index (χ1v) is 5.15. The fourth-order valence-electron chi connectivity index (χ4n) is 1.57. The van der Waals surface area contributed by atoms with Crippen molar-refractivity contribution in [3.05, 3.63) is 41.5 Å². The molecule has 1 aromatic carbocycles. The molecule has 2 heteroatoms. The Morgan fingerprint density at radius 1 is 1.27 bits per heavy atom. The minimum atomic E-state index is -0.831. The molecule has 0 aliphatic heterocycles. The summed E-state index contributed by atoms with van der Waals surface area (Å²) in [7, 11) is 0. The molecule has 0 bridgehead atoms. The SMILES string of the molecule is CCC/C(=C(/C)C(=O)O)c1ccccc1. The zero-order valence-corrected chi connectivity index (χ0v) is 9.16. The predicted molar refractivity (Wildman–Crippen MR) is 61.6 cm³/mol. The van der Waals surface area contributed by atoms with Gasteiger partial charge < -0.3 is 5.11 Å². The second-order valence-corrected chi connectivity index (χ2v) is 3.52. The minimum Gasteiger partial charge on any atom is -0.478 e. The van der Waals surface area contributed by atoms with E-state index in [1.165, 1.54) is 0 Å². The average Bonchev–Trinajstić information content (AvgIpc) is 2.26. The third-order valence-corrected chi connectivity index (χ3v) is 2.40. The van der Waals surface area contributed by atoms with E-state index in [4.69, 9.17) is 5.11 Å². The first kappa shape index (κ1) is 11.5. The van der Waals surface area contributed by atoms with Crippen molar-refractivity contribution in [1.29, 1.82) is 0 Å². The number of rotatable bonds is 4. The fourth-order valence-corrected chi connectivity index (χ4v) is 1.57. The second-order valence-electron chi connectivity index (χ2n) is 3.52. The summed E-state index contributed by atoms with van der Waals surface area (Å²) in [4.78, 5) is 10.9. The van der Waals surface area contributed by atoms with Crippen LogP contribution in [-0.2, 0) is 4.79 Å². The van der Waals surface area contributed by atoms with Crippen molar-refractivity contribution < 1.29 is 9.90 Å². The van der Waals surface area contributed by atoms with Crippen LogP contribution in [0.1, 0.15) is 32.3 Å². The highest BCUT2D eigenvalue weighted by molar-refractivity contribution is 5.95. The summed E-state index contributed by atoms with van der Waals surface area (Å²) in [6.45, 7) is 3.72. The van der Waals surface area contributed by atoms with E-state index < -0.39 is 5.97 Å². The number of benzene rings is 1. The lowest BCUT2D eigenvalue weighted by atomic mass is 9.97. The Kier molecular flexibility index (Phi) is 4.10. The molecule has 0 radical (unpaired) electrons. The van der Waals surface area contributed by atoms with Crippen LogP contribution in [0, 0.1) is 0 Å². The summed E-state index contributed by atoms with van der Waals surface area (Å²) in [5.41, 5.74) is 2.40. The minimum absolute atomic E-state index is 0.447. The van der Waals surface area contributed by atoms with Crippen molar-refractivity contribution in [3.8, 4) is 0 Å². The molecule has 0 aliphatic rings. The Labute approximate surface area is 90.3 Å². The Bertz CT molecular complexity index is 363. The summed E-state index contributed by atoms with van der Waals surface area (Å²) < 4.78 is 0. The normalized spacial score (nSPS) is 12.1. The summed E-state index contributed by atoms with van der Waals surface area (Å²) in [5, 5.41) is 8.98. The zero-order valence-electron chi connectivity index (χ0n) is 9.16. The topological polar surface area (TPSA) is 37.3 Å². The highest BCUT2D eigenvalue weighted by atomic mass is 16.4. The molecule has 0 atom stereocenters. The molecular formula is C13H16O2. The standard InChI is InChI=1S/C13H16O2/c1-3-7-12(10(2)13(14)15)11-8-5-4-6-9-11/h4-6,8-9H,3,7H2,1-2H3,(H,14,15)/b12-10+. The first-order chi connectivity index (χ1) is 7.16. The fraction of sp³-hybridized carbons (Fsp3) is 0.308. The number of aliphatic carboxylic acids is 1. The van der Waals surface area contributed by atoms with Crippen molar-refractivity contribution in [2.24, 2.45) is 0 Å². The first-order valence-electron chi connectivity index (χ1n) is 5.15. The second kappa shape index (κ2) is 5.35. The van der Waals surface area contributed by atoms with Crippen LogP contribution in [0.5, 0.6) is 0 Å². The number of hydrogen-bond donors (Lipinski definition) is 1. The number of carbonyl (C=O) groups is 1. The van der Waals surface area contributed by atoms with E-state index in [0.717, 1.165) is 24.0 Å². The summed E-state index contributed by atoms with van der Waals surface area (Å²) in [6.07, 6.45) is 1.76. The van der Waals surface area contributed by atoms with E-state index in [9.17, 15) is 4.79 Å². The third kappa shape index (κ3) is 2.94. The molecule has 0 saturated heterocycles. The van der Waals surface area contributed by atoms with Gasteiger partial charge in [-0.3, -0.25) is 0 Å². The molecule has 0 saturated carbocycles. The van der Waals surface area contributed by atoms with Gasteiger partial charge in [0.1, 0.15) is 0 Å². The van der Waals surface area contributed by atoms with Gasteiger partial charge >= 0.3 is 5.97 Å². The Morgan fingerprint density at radius 2 is 1.87 bits per heavy atom. The lowest BCUT2D eigenvalue weighted by Crippen LogP contribution is -2.01. The van der Waals surface area contributed by atoms with E-state index in [1.807, 2.05) is 30.3 Å². The molecule has 15 heavy (non-hydrogen) atoms. The lowest BCUT2D eigenvalue weighted by molar-refractivity contribution is -0.132. The maximum atomic E-state index is 10.9. The smallest absolute Gasteiger partial charge is 0.331 e. The van der Waals surface area contributed by atoms with E-state index in [0.29, 0.717) is 5.57 Å². The van der Waals surface area contributed by atoms with Crippen LogP contribution in [0.3, 0.4) is 0 Å². The maximum absolute atomic E-state index is 10.9. The molecule has 80 valence electrons. The number of hydrogen-bond acceptors (Lipinski definition) is 1. The van der Waals surface area contributed by atoms with Gasteiger partial charge in [-0.15, -0.1) is 0 Å². The van der Waals surface area contributed by atoms with E-state index in [2.05, 4.69) is 6.92 Å². The molecule has 0 aliphatic carbocycles. The van der Waals surface area contributed by atoms with Crippen molar-refractivity contribution in [2.75, 3.05) is 0 Å². The van der Waals surface area contributed by atoms with Gasteiger partial charge in [0.25, 0.3) is 0 Å². The van der Waals surface area contributed by atoms with Crippen molar-refractivity contribution in [2.45, 2.75) is 26.7 Å². The van der Waals surface area contributed by atoms with Crippen molar-refractivity contribution >= 4 is 11.5 Å². The van der Waals surface area contributed by atoms with Crippen LogP contribution in [0.4, 0.5) is 0 Å². The molecule has 1 N–H and O–H groups in total. The van der Waals surface area contributed by atoms with Gasteiger partial charge in [-0.2, -0.15) is 0 Å². The molecule has 0 unspecified atom stereocenters. The number of allylic oxidation sites excluding steroid dienone is 1. The average molecular weight is 204 g/mol. The van der Waals surface area contributed by atoms with Crippen LogP contribution in [0.2, 0.25) is 0 Å². The van der Waals surface area contributed by atoms with E-state index in [-0.39, 0.29) is 0 Å². The van der Waals surface area contributed by atoms with Gasteiger partial charge in [0.2, 0.25) is 0 Å². The van der Waals surface area contributed by atoms with E-state index >= 15 is 0 Å². The van der Waals surface area contributed by atoms with Crippen molar-refractivity contribution in [1.82, 2.24) is 0 Å². The predicted octanol–water partition coefficient (Wildman–Crippen LogP) is 3.34. The molecule has 1 aromatic rings.